The fourth-order valence-electron chi connectivity index (χ4n) is 1.93. The van der Waals surface area contributed by atoms with Crippen LogP contribution in [0.2, 0.25) is 0 Å². The van der Waals surface area contributed by atoms with Gasteiger partial charge < -0.3 is 10.2 Å². The molecular formula is C14H23FN2. The number of halogens is 1. The molecule has 0 amide bonds. The Morgan fingerprint density at radius 1 is 1.24 bits per heavy atom. The van der Waals surface area contributed by atoms with Gasteiger partial charge in [0.1, 0.15) is 5.82 Å². The monoisotopic (exact) mass is 238 g/mol. The molecule has 2 nitrogen and oxygen atoms in total. The molecule has 17 heavy (non-hydrogen) atoms. The normalized spacial score (nSPS) is 15.2. The highest BCUT2D eigenvalue weighted by Gasteiger charge is 2.14. The molecule has 96 valence electrons. The molecule has 0 atom stereocenters. The van der Waals surface area contributed by atoms with Gasteiger partial charge in [-0.1, -0.05) is 26.8 Å². The van der Waals surface area contributed by atoms with E-state index in [2.05, 4.69) is 17.1 Å². The quantitative estimate of drug-likeness (QED) is 0.852. The van der Waals surface area contributed by atoms with Gasteiger partial charge in [-0.2, -0.15) is 0 Å². The van der Waals surface area contributed by atoms with Crippen LogP contribution in [0, 0.1) is 5.82 Å². The van der Waals surface area contributed by atoms with Crippen molar-refractivity contribution in [1.82, 2.24) is 5.32 Å². The zero-order chi connectivity index (χ0) is 12.7. The molecule has 0 aliphatic carbocycles. The van der Waals surface area contributed by atoms with Gasteiger partial charge in [0.15, 0.2) is 0 Å². The fourth-order valence-corrected chi connectivity index (χ4v) is 1.93. The van der Waals surface area contributed by atoms with Gasteiger partial charge >= 0.3 is 0 Å². The first kappa shape index (κ1) is 14.0. The van der Waals surface area contributed by atoms with Gasteiger partial charge in [0.05, 0.1) is 5.69 Å². The minimum Gasteiger partial charge on any atom is -0.367 e. The van der Waals surface area contributed by atoms with E-state index in [1.807, 2.05) is 26.0 Å². The summed E-state index contributed by atoms with van der Waals surface area (Å²) in [6.45, 7) is 9.76. The summed E-state index contributed by atoms with van der Waals surface area (Å²) < 4.78 is 13.6. The molecule has 0 radical (unpaired) electrons. The Morgan fingerprint density at radius 3 is 2.47 bits per heavy atom. The van der Waals surface area contributed by atoms with E-state index in [4.69, 9.17) is 0 Å². The Kier molecular flexibility index (Phi) is 5.98. The lowest BCUT2D eigenvalue weighted by atomic mass is 10.1. The molecule has 0 saturated carbocycles. The number of benzene rings is 1. The number of rotatable bonds is 2. The summed E-state index contributed by atoms with van der Waals surface area (Å²) in [5.74, 6) is -0.103. The summed E-state index contributed by atoms with van der Waals surface area (Å²) in [6.07, 6.45) is 0.958. The van der Waals surface area contributed by atoms with E-state index in [1.54, 1.807) is 6.07 Å². The van der Waals surface area contributed by atoms with Crippen LogP contribution in [-0.4, -0.2) is 26.2 Å². The third kappa shape index (κ3) is 3.70. The molecule has 1 aromatic carbocycles. The fraction of sp³-hybridized carbons (Fsp3) is 0.571. The third-order valence-corrected chi connectivity index (χ3v) is 2.88. The molecule has 2 rings (SSSR count). The summed E-state index contributed by atoms with van der Waals surface area (Å²) in [4.78, 5) is 2.12. The Bertz CT molecular complexity index is 333. The van der Waals surface area contributed by atoms with Crippen molar-refractivity contribution in [2.75, 3.05) is 31.1 Å². The molecule has 0 spiro atoms. The van der Waals surface area contributed by atoms with E-state index in [0.717, 1.165) is 38.3 Å². The van der Waals surface area contributed by atoms with Crippen molar-refractivity contribution in [2.24, 2.45) is 0 Å². The van der Waals surface area contributed by atoms with Crippen molar-refractivity contribution in [3.63, 3.8) is 0 Å². The Labute approximate surface area is 104 Å². The molecule has 0 unspecified atom stereocenters. The smallest absolute Gasteiger partial charge is 0.146 e. The second kappa shape index (κ2) is 7.28. The van der Waals surface area contributed by atoms with Crippen molar-refractivity contribution < 1.29 is 4.39 Å². The number of piperazine rings is 1. The van der Waals surface area contributed by atoms with Crippen LogP contribution in [0.4, 0.5) is 10.1 Å². The first-order chi connectivity index (χ1) is 8.31. The standard InChI is InChI=1S/C12H17FN2.C2H6/c1-2-10-3-4-11(13)12(9-10)15-7-5-14-6-8-15;1-2/h3-4,9,14H,2,5-8H2,1H3;1-2H3. The van der Waals surface area contributed by atoms with E-state index in [1.165, 1.54) is 5.56 Å². The number of anilines is 1. The Balaban J connectivity index is 0.000000686. The maximum Gasteiger partial charge on any atom is 0.146 e. The van der Waals surface area contributed by atoms with Gasteiger partial charge in [0.2, 0.25) is 0 Å². The molecule has 1 saturated heterocycles. The lowest BCUT2D eigenvalue weighted by molar-refractivity contribution is 0.566. The van der Waals surface area contributed by atoms with E-state index in [0.29, 0.717) is 0 Å². The molecule has 0 aromatic heterocycles. The zero-order valence-corrected chi connectivity index (χ0v) is 11.1. The van der Waals surface area contributed by atoms with Crippen LogP contribution in [0.5, 0.6) is 0 Å². The molecule has 1 aliphatic rings. The van der Waals surface area contributed by atoms with Crippen LogP contribution in [0.15, 0.2) is 18.2 Å². The second-order valence-electron chi connectivity index (χ2n) is 3.88. The lowest BCUT2D eigenvalue weighted by Crippen LogP contribution is -2.43. The molecule has 3 heteroatoms. The highest BCUT2D eigenvalue weighted by atomic mass is 19.1. The summed E-state index contributed by atoms with van der Waals surface area (Å²) in [5.41, 5.74) is 1.96. The average molecular weight is 238 g/mol. The molecule has 1 N–H and O–H groups in total. The van der Waals surface area contributed by atoms with Gasteiger partial charge in [-0.15, -0.1) is 0 Å². The second-order valence-corrected chi connectivity index (χ2v) is 3.88. The van der Waals surface area contributed by atoms with Crippen molar-refractivity contribution in [3.8, 4) is 0 Å². The van der Waals surface area contributed by atoms with Crippen LogP contribution < -0.4 is 10.2 Å². The van der Waals surface area contributed by atoms with Gasteiger partial charge in [-0.25, -0.2) is 4.39 Å². The topological polar surface area (TPSA) is 15.3 Å². The maximum absolute atomic E-state index is 13.6. The molecule has 1 aromatic rings. The predicted molar refractivity (Wildman–Crippen MR) is 72.2 cm³/mol. The van der Waals surface area contributed by atoms with E-state index >= 15 is 0 Å². The van der Waals surface area contributed by atoms with Crippen LogP contribution in [-0.2, 0) is 6.42 Å². The highest BCUT2D eigenvalue weighted by Crippen LogP contribution is 2.21. The first-order valence-corrected chi connectivity index (χ1v) is 6.55. The predicted octanol–water partition coefficient (Wildman–Crippen LogP) is 2.82. The highest BCUT2D eigenvalue weighted by molar-refractivity contribution is 5.50. The van der Waals surface area contributed by atoms with E-state index < -0.39 is 0 Å². The van der Waals surface area contributed by atoms with E-state index in [9.17, 15) is 4.39 Å². The van der Waals surface area contributed by atoms with Crippen LogP contribution in [0.25, 0.3) is 0 Å². The number of nitrogens with one attached hydrogen (secondary N) is 1. The van der Waals surface area contributed by atoms with Gasteiger partial charge in [-0.3, -0.25) is 0 Å². The first-order valence-electron chi connectivity index (χ1n) is 6.55. The minimum atomic E-state index is -0.103. The molecule has 1 fully saturated rings. The zero-order valence-electron chi connectivity index (χ0n) is 11.1. The minimum absolute atomic E-state index is 0.103. The summed E-state index contributed by atoms with van der Waals surface area (Å²) in [6, 6.07) is 5.41. The lowest BCUT2D eigenvalue weighted by Gasteiger charge is -2.30. The molecular weight excluding hydrogens is 215 g/mol. The maximum atomic E-state index is 13.6. The molecule has 1 heterocycles. The van der Waals surface area contributed by atoms with Crippen LogP contribution in [0.3, 0.4) is 0 Å². The van der Waals surface area contributed by atoms with Gasteiger partial charge in [0, 0.05) is 26.2 Å². The molecule has 0 bridgehead atoms. The summed E-state index contributed by atoms with van der Waals surface area (Å²) in [7, 11) is 0. The average Bonchev–Trinajstić information content (AvgIpc) is 2.42. The number of hydrogen-bond donors (Lipinski definition) is 1. The van der Waals surface area contributed by atoms with Gasteiger partial charge in [0.25, 0.3) is 0 Å². The van der Waals surface area contributed by atoms with Crippen molar-refractivity contribution in [1.29, 1.82) is 0 Å². The van der Waals surface area contributed by atoms with Crippen molar-refractivity contribution in [3.05, 3.63) is 29.6 Å². The number of aryl methyl sites for hydroxylation is 1. The molecule has 1 aliphatic heterocycles. The number of hydrogen-bond acceptors (Lipinski definition) is 2. The summed E-state index contributed by atoms with van der Waals surface area (Å²) >= 11 is 0. The third-order valence-electron chi connectivity index (χ3n) is 2.88. The largest absolute Gasteiger partial charge is 0.367 e. The Hall–Kier alpha value is -1.09. The summed E-state index contributed by atoms with van der Waals surface area (Å²) in [5, 5.41) is 3.27. The van der Waals surface area contributed by atoms with Gasteiger partial charge in [-0.05, 0) is 24.1 Å². The number of nitrogens with zero attached hydrogens (tertiary/aromatic N) is 1. The van der Waals surface area contributed by atoms with E-state index in [-0.39, 0.29) is 5.82 Å². The van der Waals surface area contributed by atoms with Crippen molar-refractivity contribution >= 4 is 5.69 Å². The van der Waals surface area contributed by atoms with Crippen molar-refractivity contribution in [2.45, 2.75) is 27.2 Å². The van der Waals surface area contributed by atoms with Crippen LogP contribution >= 0.6 is 0 Å². The Morgan fingerprint density at radius 2 is 1.88 bits per heavy atom. The van der Waals surface area contributed by atoms with Crippen LogP contribution in [0.1, 0.15) is 26.3 Å². The SMILES string of the molecule is CC.CCc1ccc(F)c(N2CCNCC2)c1.